The molecule has 1 N–H and O–H groups in total. The van der Waals surface area contributed by atoms with Crippen molar-refractivity contribution in [3.63, 3.8) is 0 Å². The van der Waals surface area contributed by atoms with Gasteiger partial charge in [0.2, 0.25) is 0 Å². The third-order valence-electron chi connectivity index (χ3n) is 3.72. The Labute approximate surface area is 137 Å². The van der Waals surface area contributed by atoms with Crippen molar-refractivity contribution in [3.8, 4) is 22.9 Å². The number of benzene rings is 2. The summed E-state index contributed by atoms with van der Waals surface area (Å²) in [6.45, 7) is 0. The monoisotopic (exact) mass is 328 g/mol. The van der Waals surface area contributed by atoms with E-state index < -0.39 is 11.2 Å². The molecule has 0 bridgehead atoms. The van der Waals surface area contributed by atoms with E-state index in [9.17, 15) is 9.59 Å². The Balaban J connectivity index is 2.33. The van der Waals surface area contributed by atoms with Crippen LogP contribution in [0.15, 0.2) is 46.0 Å². The van der Waals surface area contributed by atoms with Crippen LogP contribution < -0.4 is 25.5 Å². The topological polar surface area (TPSA) is 82.6 Å². The van der Waals surface area contributed by atoms with Crippen molar-refractivity contribution in [2.45, 2.75) is 0 Å². The molecule has 0 saturated carbocycles. The molecule has 0 aliphatic carbocycles. The van der Waals surface area contributed by atoms with E-state index in [4.69, 9.17) is 14.2 Å². The summed E-state index contributed by atoms with van der Waals surface area (Å²) < 4.78 is 16.6. The van der Waals surface area contributed by atoms with Crippen LogP contribution in [0, 0.1) is 0 Å². The van der Waals surface area contributed by atoms with Crippen LogP contribution in [0.3, 0.4) is 0 Å². The number of fused-ring (bicyclic) bond motifs is 1. The molecule has 124 valence electrons. The molecule has 1 aromatic heterocycles. The Morgan fingerprint density at radius 1 is 0.875 bits per heavy atom. The summed E-state index contributed by atoms with van der Waals surface area (Å²) >= 11 is 0. The lowest BCUT2D eigenvalue weighted by Crippen LogP contribution is -2.33. The molecule has 0 amide bonds. The standard InChI is InChI=1S/C17H16N2O5/c1-22-11-6-4-10(5-7-11)19-16(20)15-13(18-17(19)21)8-12(23-2)9-14(15)24-3/h4-9H,1-3H3,(H,18,21). The maximum absolute atomic E-state index is 12.9. The van der Waals surface area contributed by atoms with Gasteiger partial charge in [-0.25, -0.2) is 9.36 Å². The van der Waals surface area contributed by atoms with Gasteiger partial charge in [0.05, 0.1) is 32.5 Å². The predicted octanol–water partition coefficient (Wildman–Crippen LogP) is 1.70. The summed E-state index contributed by atoms with van der Waals surface area (Å²) in [6, 6.07) is 9.81. The zero-order chi connectivity index (χ0) is 17.3. The van der Waals surface area contributed by atoms with Gasteiger partial charge in [0.25, 0.3) is 5.56 Å². The van der Waals surface area contributed by atoms with Gasteiger partial charge in [0.15, 0.2) is 0 Å². The zero-order valence-electron chi connectivity index (χ0n) is 13.5. The van der Waals surface area contributed by atoms with Crippen molar-refractivity contribution in [3.05, 3.63) is 57.2 Å². The summed E-state index contributed by atoms with van der Waals surface area (Å²) in [5.41, 5.74) is -0.237. The van der Waals surface area contributed by atoms with Crippen LogP contribution in [0.2, 0.25) is 0 Å². The molecule has 0 spiro atoms. The first kappa shape index (κ1) is 15.7. The van der Waals surface area contributed by atoms with Gasteiger partial charge in [-0.2, -0.15) is 0 Å². The van der Waals surface area contributed by atoms with Crippen LogP contribution >= 0.6 is 0 Å². The second-order valence-corrected chi connectivity index (χ2v) is 5.02. The molecule has 24 heavy (non-hydrogen) atoms. The average Bonchev–Trinajstić information content (AvgIpc) is 2.61. The van der Waals surface area contributed by atoms with Crippen LogP contribution in [0.1, 0.15) is 0 Å². The minimum atomic E-state index is -0.548. The lowest BCUT2D eigenvalue weighted by Gasteiger charge is -2.11. The van der Waals surface area contributed by atoms with E-state index in [0.717, 1.165) is 4.57 Å². The number of hydrogen-bond donors (Lipinski definition) is 1. The fourth-order valence-corrected chi connectivity index (χ4v) is 2.53. The highest BCUT2D eigenvalue weighted by atomic mass is 16.5. The number of aromatic amines is 1. The maximum Gasteiger partial charge on any atom is 0.333 e. The minimum Gasteiger partial charge on any atom is -0.497 e. The molecule has 7 nitrogen and oxygen atoms in total. The molecule has 0 saturated heterocycles. The van der Waals surface area contributed by atoms with Crippen molar-refractivity contribution in [2.24, 2.45) is 0 Å². The second-order valence-electron chi connectivity index (χ2n) is 5.02. The molecule has 3 rings (SSSR count). The Bertz CT molecular complexity index is 1000. The molecular formula is C17H16N2O5. The highest BCUT2D eigenvalue weighted by Gasteiger charge is 2.15. The molecular weight excluding hydrogens is 312 g/mol. The maximum atomic E-state index is 12.9. The van der Waals surface area contributed by atoms with Gasteiger partial charge in [-0.05, 0) is 24.3 Å². The number of H-pyrrole nitrogens is 1. The van der Waals surface area contributed by atoms with Crippen LogP contribution in [-0.4, -0.2) is 30.9 Å². The molecule has 0 radical (unpaired) electrons. The summed E-state index contributed by atoms with van der Waals surface area (Å²) in [4.78, 5) is 28.0. The normalized spacial score (nSPS) is 10.6. The first-order valence-electron chi connectivity index (χ1n) is 7.14. The van der Waals surface area contributed by atoms with E-state index in [1.807, 2.05) is 0 Å². The largest absolute Gasteiger partial charge is 0.497 e. The van der Waals surface area contributed by atoms with Gasteiger partial charge in [-0.3, -0.25) is 4.79 Å². The van der Waals surface area contributed by atoms with Gasteiger partial charge in [0.1, 0.15) is 22.6 Å². The van der Waals surface area contributed by atoms with Gasteiger partial charge < -0.3 is 19.2 Å². The number of rotatable bonds is 4. The highest BCUT2D eigenvalue weighted by Crippen LogP contribution is 2.27. The summed E-state index contributed by atoms with van der Waals surface area (Å²) in [5.74, 6) is 1.44. The Morgan fingerprint density at radius 3 is 2.12 bits per heavy atom. The molecule has 1 heterocycles. The molecule has 0 unspecified atom stereocenters. The molecule has 0 aliphatic heterocycles. The number of ether oxygens (including phenoxy) is 3. The van der Waals surface area contributed by atoms with E-state index in [-0.39, 0.29) is 5.39 Å². The average molecular weight is 328 g/mol. The zero-order valence-corrected chi connectivity index (χ0v) is 13.5. The fraction of sp³-hybridized carbons (Fsp3) is 0.176. The van der Waals surface area contributed by atoms with Gasteiger partial charge in [0, 0.05) is 12.1 Å². The van der Waals surface area contributed by atoms with E-state index in [0.29, 0.717) is 28.5 Å². The van der Waals surface area contributed by atoms with Crippen molar-refractivity contribution in [2.75, 3.05) is 21.3 Å². The molecule has 3 aromatic rings. The SMILES string of the molecule is COc1ccc(-n2c(=O)[nH]c3cc(OC)cc(OC)c3c2=O)cc1. The second kappa shape index (κ2) is 6.11. The lowest BCUT2D eigenvalue weighted by molar-refractivity contribution is 0.397. The number of hydrogen-bond acceptors (Lipinski definition) is 5. The van der Waals surface area contributed by atoms with Crippen LogP contribution in [0.5, 0.6) is 17.2 Å². The first-order valence-corrected chi connectivity index (χ1v) is 7.14. The number of aromatic nitrogens is 2. The van der Waals surface area contributed by atoms with Crippen LogP contribution in [0.25, 0.3) is 16.6 Å². The minimum absolute atomic E-state index is 0.272. The van der Waals surface area contributed by atoms with Crippen molar-refractivity contribution >= 4 is 10.9 Å². The van der Waals surface area contributed by atoms with Crippen molar-refractivity contribution < 1.29 is 14.2 Å². The third kappa shape index (κ3) is 2.50. The summed E-state index contributed by atoms with van der Waals surface area (Å²) in [6.07, 6.45) is 0. The van der Waals surface area contributed by atoms with Crippen molar-refractivity contribution in [1.29, 1.82) is 0 Å². The van der Waals surface area contributed by atoms with Gasteiger partial charge in [-0.15, -0.1) is 0 Å². The summed E-state index contributed by atoms with van der Waals surface area (Å²) in [5, 5.41) is 0.272. The van der Waals surface area contributed by atoms with Crippen LogP contribution in [-0.2, 0) is 0 Å². The number of nitrogens with one attached hydrogen (secondary N) is 1. The fourth-order valence-electron chi connectivity index (χ4n) is 2.53. The first-order chi connectivity index (χ1) is 11.6. The number of nitrogens with zero attached hydrogens (tertiary/aromatic N) is 1. The Hall–Kier alpha value is -3.22. The summed E-state index contributed by atoms with van der Waals surface area (Å²) in [7, 11) is 4.50. The predicted molar refractivity (Wildman–Crippen MR) is 89.8 cm³/mol. The molecule has 7 heteroatoms. The Kier molecular flexibility index (Phi) is 3.99. The highest BCUT2D eigenvalue weighted by molar-refractivity contribution is 5.86. The molecule has 0 atom stereocenters. The van der Waals surface area contributed by atoms with E-state index >= 15 is 0 Å². The third-order valence-corrected chi connectivity index (χ3v) is 3.72. The van der Waals surface area contributed by atoms with E-state index in [2.05, 4.69) is 4.98 Å². The van der Waals surface area contributed by atoms with Crippen LogP contribution in [0.4, 0.5) is 0 Å². The lowest BCUT2D eigenvalue weighted by atomic mass is 10.2. The number of methoxy groups -OCH3 is 3. The van der Waals surface area contributed by atoms with Crippen molar-refractivity contribution in [1.82, 2.24) is 9.55 Å². The quantitative estimate of drug-likeness (QED) is 0.788. The molecule has 0 aliphatic rings. The molecule has 2 aromatic carbocycles. The smallest absolute Gasteiger partial charge is 0.333 e. The molecule has 0 fully saturated rings. The van der Waals surface area contributed by atoms with E-state index in [1.165, 1.54) is 14.2 Å². The Morgan fingerprint density at radius 2 is 1.54 bits per heavy atom. The van der Waals surface area contributed by atoms with Gasteiger partial charge >= 0.3 is 5.69 Å². The van der Waals surface area contributed by atoms with E-state index in [1.54, 1.807) is 43.5 Å². The van der Waals surface area contributed by atoms with Gasteiger partial charge in [-0.1, -0.05) is 0 Å².